The molecule has 0 radical (unpaired) electrons. The lowest BCUT2D eigenvalue weighted by Crippen LogP contribution is -2.30. The third kappa shape index (κ3) is 66.3. The van der Waals surface area contributed by atoms with Crippen LogP contribution in [-0.2, 0) is 65.4 Å². The molecule has 0 heterocycles. The minimum atomic E-state index is -4.98. The zero-order chi connectivity index (χ0) is 69.0. The van der Waals surface area contributed by atoms with Crippen molar-refractivity contribution in [1.82, 2.24) is 0 Å². The van der Waals surface area contributed by atoms with E-state index in [1.807, 2.05) is 0 Å². The lowest BCUT2D eigenvalue weighted by molar-refractivity contribution is -0.161. The highest BCUT2D eigenvalue weighted by Crippen LogP contribution is 2.45. The Bertz CT molecular complexity index is 2220. The van der Waals surface area contributed by atoms with Crippen molar-refractivity contribution in [3.05, 3.63) is 109 Å². The van der Waals surface area contributed by atoms with Crippen LogP contribution in [0.5, 0.6) is 0 Å². The van der Waals surface area contributed by atoms with Crippen molar-refractivity contribution < 1.29 is 80.2 Å². The van der Waals surface area contributed by atoms with Crippen molar-refractivity contribution in [2.24, 2.45) is 0 Å². The van der Waals surface area contributed by atoms with Crippen molar-refractivity contribution in [2.45, 2.75) is 303 Å². The maximum absolute atomic E-state index is 13.0. The van der Waals surface area contributed by atoms with Crippen molar-refractivity contribution in [3.8, 4) is 0 Å². The second kappa shape index (κ2) is 67.3. The van der Waals surface area contributed by atoms with E-state index in [4.69, 9.17) is 37.0 Å². The summed E-state index contributed by atoms with van der Waals surface area (Å²) in [5.41, 5.74) is 0. The SMILES string of the molecule is CC/C=C\C/C=C\C/C=C\C/C=C\CCCCC(=O)OCC(COP(=O)(O)OCC(O)COP(=O)(O)OCC(COC(=O)CCCC/C=C\C/C=C\C/C=C\C/C=C\CC)OC(=O)CCCCCCCCCCCCC)OC(=O)CCCCCCC/C=C\CCCCCC. The number of esters is 4. The average Bonchev–Trinajstić information content (AvgIpc) is 1.55. The van der Waals surface area contributed by atoms with Gasteiger partial charge in [-0.1, -0.05) is 240 Å². The van der Waals surface area contributed by atoms with E-state index in [-0.39, 0.29) is 25.7 Å². The molecule has 17 nitrogen and oxygen atoms in total. The zero-order valence-corrected chi connectivity index (χ0v) is 60.4. The summed E-state index contributed by atoms with van der Waals surface area (Å²) in [6.07, 6.45) is 69.6. The number of phosphoric ester groups is 2. The molecule has 0 aliphatic heterocycles. The largest absolute Gasteiger partial charge is 0.472 e. The third-order valence-electron chi connectivity index (χ3n) is 14.7. The van der Waals surface area contributed by atoms with Crippen LogP contribution in [0.2, 0.25) is 0 Å². The highest BCUT2D eigenvalue weighted by atomic mass is 31.2. The van der Waals surface area contributed by atoms with Crippen LogP contribution in [0.3, 0.4) is 0 Å². The van der Waals surface area contributed by atoms with E-state index >= 15 is 0 Å². The molecule has 0 saturated carbocycles. The third-order valence-corrected chi connectivity index (χ3v) is 16.6. The number of unbranched alkanes of at least 4 members (excludes halogenated alkanes) is 23. The normalized spacial score (nSPS) is 14.7. The van der Waals surface area contributed by atoms with Crippen LogP contribution in [0.1, 0.15) is 285 Å². The molecule has 94 heavy (non-hydrogen) atoms. The van der Waals surface area contributed by atoms with Crippen molar-refractivity contribution >= 4 is 39.5 Å². The molecule has 0 fully saturated rings. The summed E-state index contributed by atoms with van der Waals surface area (Å²) in [5.74, 6) is -2.28. The molecular weight excluding hydrogens is 1230 g/mol. The molecule has 19 heteroatoms. The highest BCUT2D eigenvalue weighted by Gasteiger charge is 2.30. The lowest BCUT2D eigenvalue weighted by Gasteiger charge is -2.21. The van der Waals surface area contributed by atoms with Gasteiger partial charge < -0.3 is 33.8 Å². The van der Waals surface area contributed by atoms with Crippen LogP contribution < -0.4 is 0 Å². The van der Waals surface area contributed by atoms with Crippen LogP contribution >= 0.6 is 15.6 Å². The first-order valence-electron chi connectivity index (χ1n) is 36.1. The van der Waals surface area contributed by atoms with E-state index in [1.54, 1.807) is 0 Å². The Hall–Kier alpha value is -4.28. The number of aliphatic hydroxyl groups excluding tert-OH is 1. The molecule has 0 saturated heterocycles. The fraction of sp³-hybridized carbons (Fsp3) is 0.707. The maximum Gasteiger partial charge on any atom is 0.472 e. The van der Waals surface area contributed by atoms with Gasteiger partial charge in [0, 0.05) is 25.7 Å². The molecule has 0 bridgehead atoms. The van der Waals surface area contributed by atoms with Crippen LogP contribution in [0.25, 0.3) is 0 Å². The van der Waals surface area contributed by atoms with Gasteiger partial charge >= 0.3 is 39.5 Å². The summed E-state index contributed by atoms with van der Waals surface area (Å²) in [7, 11) is -9.96. The van der Waals surface area contributed by atoms with Crippen molar-refractivity contribution in [2.75, 3.05) is 39.6 Å². The molecule has 0 aliphatic rings. The predicted octanol–water partition coefficient (Wildman–Crippen LogP) is 20.2. The predicted molar refractivity (Wildman–Crippen MR) is 381 cm³/mol. The van der Waals surface area contributed by atoms with Gasteiger partial charge in [0.2, 0.25) is 0 Å². The van der Waals surface area contributed by atoms with Crippen LogP contribution in [0, 0.1) is 0 Å². The zero-order valence-electron chi connectivity index (χ0n) is 58.6. The fourth-order valence-electron chi connectivity index (χ4n) is 9.25. The van der Waals surface area contributed by atoms with Crippen LogP contribution in [-0.4, -0.2) is 96.7 Å². The first-order chi connectivity index (χ1) is 45.7. The van der Waals surface area contributed by atoms with E-state index in [1.165, 1.54) is 64.2 Å². The van der Waals surface area contributed by atoms with E-state index < -0.39 is 97.5 Å². The van der Waals surface area contributed by atoms with E-state index in [2.05, 4.69) is 137 Å². The van der Waals surface area contributed by atoms with Crippen LogP contribution in [0.15, 0.2) is 109 Å². The van der Waals surface area contributed by atoms with E-state index in [9.17, 15) is 43.2 Å². The number of aliphatic hydroxyl groups is 1. The summed E-state index contributed by atoms with van der Waals surface area (Å²) in [6.45, 7) is 4.50. The fourth-order valence-corrected chi connectivity index (χ4v) is 10.8. The summed E-state index contributed by atoms with van der Waals surface area (Å²) in [6, 6.07) is 0. The molecule has 5 atom stereocenters. The monoisotopic (exact) mass is 1360 g/mol. The van der Waals surface area contributed by atoms with Gasteiger partial charge in [-0.05, 0) is 128 Å². The van der Waals surface area contributed by atoms with Gasteiger partial charge in [-0.3, -0.25) is 37.3 Å². The molecular formula is C75H128O17P2. The molecule has 0 aliphatic carbocycles. The van der Waals surface area contributed by atoms with Gasteiger partial charge in [0.15, 0.2) is 12.2 Å². The molecule has 0 aromatic heterocycles. The molecule has 0 aromatic carbocycles. The number of hydrogen-bond acceptors (Lipinski definition) is 15. The Morgan fingerprint density at radius 2 is 0.553 bits per heavy atom. The second-order valence-electron chi connectivity index (χ2n) is 23.8. The molecule has 0 rings (SSSR count). The molecule has 0 spiro atoms. The number of hydrogen-bond donors (Lipinski definition) is 3. The minimum absolute atomic E-state index is 0.0741. The summed E-state index contributed by atoms with van der Waals surface area (Å²) < 4.78 is 68.2. The summed E-state index contributed by atoms with van der Waals surface area (Å²) >= 11 is 0. The molecule has 3 N–H and O–H groups in total. The Balaban J connectivity index is 5.39. The minimum Gasteiger partial charge on any atom is -0.462 e. The van der Waals surface area contributed by atoms with E-state index in [0.717, 1.165) is 141 Å². The smallest absolute Gasteiger partial charge is 0.462 e. The van der Waals surface area contributed by atoms with Crippen molar-refractivity contribution in [1.29, 1.82) is 0 Å². The van der Waals surface area contributed by atoms with Gasteiger partial charge in [0.1, 0.15) is 19.3 Å². The first-order valence-corrected chi connectivity index (χ1v) is 39.1. The quantitative estimate of drug-likeness (QED) is 0.0169. The van der Waals surface area contributed by atoms with Gasteiger partial charge in [-0.15, -0.1) is 0 Å². The molecule has 0 amide bonds. The van der Waals surface area contributed by atoms with E-state index in [0.29, 0.717) is 25.7 Å². The van der Waals surface area contributed by atoms with Crippen LogP contribution in [0.4, 0.5) is 0 Å². The number of ether oxygens (including phenoxy) is 4. The molecule has 0 aromatic rings. The maximum atomic E-state index is 13.0. The van der Waals surface area contributed by atoms with Gasteiger partial charge in [0.25, 0.3) is 0 Å². The summed E-state index contributed by atoms with van der Waals surface area (Å²) in [5, 5.41) is 10.6. The standard InChI is InChI=1S/C75H128O17P2/c1-5-9-13-17-21-25-29-32-34-37-40-43-47-51-55-59-72(77)85-65-70(91-74(79)61-57-53-49-45-39-28-24-20-16-12-8-4)67-89-93(81,82)87-63-69(76)64-88-94(83,84)90-68-71(92-75(80)62-58-54-50-46-42-36-31-27-23-19-15-11-7-3)66-86-73(78)60-56-52-48-44-41-38-35-33-30-26-22-18-14-10-6-2/h9-10,13-14,21-22,25-27,31-35,40-41,43-44,69-71,76H,5-8,11-12,15-20,23-24,28-30,36-39,42,45-68H2,1-4H3,(H,81,82)(H,83,84)/b13-9-,14-10-,25-21-,26-22-,31-27-,34-32-,35-33-,43-40-,44-41-. The second-order valence-corrected chi connectivity index (χ2v) is 26.7. The highest BCUT2D eigenvalue weighted by molar-refractivity contribution is 7.47. The van der Waals surface area contributed by atoms with Gasteiger partial charge in [-0.2, -0.15) is 0 Å². The number of phosphoric acid groups is 2. The number of carbonyl (C=O) groups is 4. The Labute approximate surface area is 569 Å². The lowest BCUT2D eigenvalue weighted by atomic mass is 10.1. The Kier molecular flexibility index (Phi) is 64.2. The van der Waals surface area contributed by atoms with Gasteiger partial charge in [-0.25, -0.2) is 9.13 Å². The molecule has 5 unspecified atom stereocenters. The summed E-state index contributed by atoms with van der Waals surface area (Å²) in [4.78, 5) is 72.6. The Morgan fingerprint density at radius 1 is 0.309 bits per heavy atom. The molecule has 540 valence electrons. The topological polar surface area (TPSA) is 237 Å². The average molecular weight is 1360 g/mol. The van der Waals surface area contributed by atoms with Gasteiger partial charge in [0.05, 0.1) is 26.4 Å². The first kappa shape index (κ1) is 89.7. The number of carbonyl (C=O) groups excluding carboxylic acids is 4. The van der Waals surface area contributed by atoms with Crippen molar-refractivity contribution in [3.63, 3.8) is 0 Å². The Morgan fingerprint density at radius 3 is 0.894 bits per heavy atom. The number of allylic oxidation sites excluding steroid dienone is 18. The number of rotatable bonds is 67.